The number of ether oxygens (including phenoxy) is 4. The molecular weight excluding hydrogens is 468 g/mol. The van der Waals surface area contributed by atoms with Crippen LogP contribution in [0.1, 0.15) is 111 Å². The number of carbonyl (C=O) groups is 2. The number of hydrogen-bond acceptors (Lipinski definition) is 6. The number of allylic oxidation sites excluding steroid dienone is 3. The van der Waals surface area contributed by atoms with E-state index in [0.717, 1.165) is 43.9 Å². The molecular formula is C31H50O6. The molecule has 0 aromatic rings. The molecule has 3 fully saturated rings. The summed E-state index contributed by atoms with van der Waals surface area (Å²) < 4.78 is 22.3. The predicted molar refractivity (Wildman–Crippen MR) is 145 cm³/mol. The molecule has 0 amide bonds. The highest BCUT2D eigenvalue weighted by molar-refractivity contribution is 5.82. The van der Waals surface area contributed by atoms with E-state index in [1.54, 1.807) is 6.08 Å². The van der Waals surface area contributed by atoms with E-state index in [4.69, 9.17) is 18.9 Å². The first-order valence-electron chi connectivity index (χ1n) is 14.8. The van der Waals surface area contributed by atoms with Crippen molar-refractivity contribution >= 4 is 11.9 Å². The number of hydrogen-bond donors (Lipinski definition) is 0. The fourth-order valence-corrected chi connectivity index (χ4v) is 5.90. The Bertz CT molecular complexity index is 735. The summed E-state index contributed by atoms with van der Waals surface area (Å²) in [5.74, 6) is 1.61. The summed E-state index contributed by atoms with van der Waals surface area (Å²) in [4.78, 5) is 24.0. The summed E-state index contributed by atoms with van der Waals surface area (Å²) in [6.45, 7) is 5.91. The third-order valence-corrected chi connectivity index (χ3v) is 8.92. The molecule has 3 aliphatic rings. The van der Waals surface area contributed by atoms with Gasteiger partial charge in [-0.2, -0.15) is 0 Å². The molecule has 6 heteroatoms. The van der Waals surface area contributed by atoms with Crippen LogP contribution in [0.5, 0.6) is 0 Å². The first kappa shape index (κ1) is 29.9. The summed E-state index contributed by atoms with van der Waals surface area (Å²) >= 11 is 0. The third kappa shape index (κ3) is 10.6. The van der Waals surface area contributed by atoms with Crippen molar-refractivity contribution < 1.29 is 28.5 Å². The van der Waals surface area contributed by atoms with Gasteiger partial charge in [-0.15, -0.1) is 0 Å². The Labute approximate surface area is 224 Å². The van der Waals surface area contributed by atoms with Gasteiger partial charge in [-0.25, -0.2) is 4.79 Å². The largest absolute Gasteiger partial charge is 0.438 e. The number of carbonyl (C=O) groups excluding carboxylic acids is 2. The molecule has 3 saturated carbocycles. The van der Waals surface area contributed by atoms with Gasteiger partial charge in [0.2, 0.25) is 0 Å². The van der Waals surface area contributed by atoms with Gasteiger partial charge < -0.3 is 18.9 Å². The van der Waals surface area contributed by atoms with E-state index in [9.17, 15) is 9.59 Å². The van der Waals surface area contributed by atoms with E-state index in [1.165, 1.54) is 63.9 Å². The highest BCUT2D eigenvalue weighted by Crippen LogP contribution is 2.39. The lowest BCUT2D eigenvalue weighted by molar-refractivity contribution is -0.173. The number of esters is 2. The molecule has 0 heterocycles. The standard InChI is InChI=1S/C31H50O6/c1-4-31(2,3)30(33)37-23-35-28-20-16-26(17-21-28)25-14-18-27(19-15-25)34-22-36-29(32)13-9-8-12-24-10-6-5-7-11-24/h8-9,12-13,24-28H,4-7,10-11,14-23H2,1-3H3. The maximum Gasteiger partial charge on any atom is 0.332 e. The Hall–Kier alpha value is -1.66. The van der Waals surface area contributed by atoms with Crippen molar-refractivity contribution in [2.75, 3.05) is 13.6 Å². The topological polar surface area (TPSA) is 71.1 Å². The van der Waals surface area contributed by atoms with Crippen molar-refractivity contribution in [3.8, 4) is 0 Å². The lowest BCUT2D eigenvalue weighted by Gasteiger charge is -2.37. The van der Waals surface area contributed by atoms with Crippen molar-refractivity contribution in [2.45, 2.75) is 123 Å². The minimum absolute atomic E-state index is 0.0350. The van der Waals surface area contributed by atoms with Gasteiger partial charge in [0.05, 0.1) is 17.6 Å². The maximum atomic E-state index is 12.1. The van der Waals surface area contributed by atoms with E-state index in [2.05, 4.69) is 6.08 Å². The molecule has 3 rings (SSSR count). The predicted octanol–water partition coefficient (Wildman–Crippen LogP) is 7.27. The van der Waals surface area contributed by atoms with Gasteiger partial charge in [0.1, 0.15) is 0 Å². The second kappa shape index (κ2) is 15.7. The summed E-state index contributed by atoms with van der Waals surface area (Å²) in [5.41, 5.74) is -0.451. The summed E-state index contributed by atoms with van der Waals surface area (Å²) in [6, 6.07) is 0. The van der Waals surface area contributed by atoms with Crippen LogP contribution in [0.2, 0.25) is 0 Å². The van der Waals surface area contributed by atoms with Gasteiger partial charge in [0, 0.05) is 6.08 Å². The van der Waals surface area contributed by atoms with E-state index < -0.39 is 5.41 Å². The fraction of sp³-hybridized carbons (Fsp3) is 0.806. The summed E-state index contributed by atoms with van der Waals surface area (Å²) in [6.07, 6.45) is 23.9. The Morgan fingerprint density at radius 2 is 1.27 bits per heavy atom. The molecule has 3 aliphatic carbocycles. The molecule has 0 bridgehead atoms. The first-order valence-corrected chi connectivity index (χ1v) is 14.8. The van der Waals surface area contributed by atoms with E-state index in [-0.39, 0.29) is 37.7 Å². The molecule has 0 aromatic carbocycles. The van der Waals surface area contributed by atoms with Crippen LogP contribution >= 0.6 is 0 Å². The molecule has 37 heavy (non-hydrogen) atoms. The molecule has 0 radical (unpaired) electrons. The highest BCUT2D eigenvalue weighted by Gasteiger charge is 2.32. The van der Waals surface area contributed by atoms with Crippen LogP contribution in [0.4, 0.5) is 0 Å². The van der Waals surface area contributed by atoms with Crippen molar-refractivity contribution in [3.63, 3.8) is 0 Å². The lowest BCUT2D eigenvalue weighted by atomic mass is 9.72. The quantitative estimate of drug-likeness (QED) is 0.117. The minimum atomic E-state index is -0.451. The average Bonchev–Trinajstić information content (AvgIpc) is 2.92. The fourth-order valence-electron chi connectivity index (χ4n) is 5.90. The summed E-state index contributed by atoms with van der Waals surface area (Å²) in [7, 11) is 0. The molecule has 0 aromatic heterocycles. The van der Waals surface area contributed by atoms with Gasteiger partial charge in [0.15, 0.2) is 13.6 Å². The van der Waals surface area contributed by atoms with Crippen LogP contribution in [0.15, 0.2) is 24.3 Å². The van der Waals surface area contributed by atoms with Gasteiger partial charge >= 0.3 is 11.9 Å². The van der Waals surface area contributed by atoms with Gasteiger partial charge in [0.25, 0.3) is 0 Å². The van der Waals surface area contributed by atoms with Crippen LogP contribution < -0.4 is 0 Å². The Morgan fingerprint density at radius 3 is 1.81 bits per heavy atom. The smallest absolute Gasteiger partial charge is 0.332 e. The second-order valence-electron chi connectivity index (χ2n) is 11.9. The normalized spacial score (nSPS) is 28.0. The maximum absolute atomic E-state index is 12.1. The second-order valence-corrected chi connectivity index (χ2v) is 11.9. The molecule has 6 nitrogen and oxygen atoms in total. The molecule has 0 spiro atoms. The van der Waals surface area contributed by atoms with Crippen LogP contribution in [0.3, 0.4) is 0 Å². The Balaban J connectivity index is 1.22. The van der Waals surface area contributed by atoms with Gasteiger partial charge in [-0.3, -0.25) is 4.79 Å². The zero-order valence-electron chi connectivity index (χ0n) is 23.5. The van der Waals surface area contributed by atoms with Crippen LogP contribution in [0, 0.1) is 23.2 Å². The molecule has 0 N–H and O–H groups in total. The van der Waals surface area contributed by atoms with Crippen molar-refractivity contribution in [3.05, 3.63) is 24.3 Å². The van der Waals surface area contributed by atoms with Crippen LogP contribution in [-0.4, -0.2) is 37.7 Å². The Kier molecular flexibility index (Phi) is 12.7. The SMILES string of the molecule is CCC(C)(C)C(=O)OCOC1CCC(C2CCC(OCOC(=O)C=CC=CC3CCCCC3)CC2)CC1. The summed E-state index contributed by atoms with van der Waals surface area (Å²) in [5, 5.41) is 0. The third-order valence-electron chi connectivity index (χ3n) is 8.92. The van der Waals surface area contributed by atoms with E-state index in [1.807, 2.05) is 26.8 Å². The van der Waals surface area contributed by atoms with Crippen LogP contribution in [-0.2, 0) is 28.5 Å². The van der Waals surface area contributed by atoms with Gasteiger partial charge in [-0.1, -0.05) is 44.4 Å². The number of rotatable bonds is 12. The molecule has 0 aliphatic heterocycles. The van der Waals surface area contributed by atoms with E-state index >= 15 is 0 Å². The van der Waals surface area contributed by atoms with Crippen molar-refractivity contribution in [1.82, 2.24) is 0 Å². The molecule has 0 unspecified atom stereocenters. The minimum Gasteiger partial charge on any atom is -0.438 e. The average molecular weight is 519 g/mol. The zero-order chi connectivity index (χ0) is 26.5. The van der Waals surface area contributed by atoms with Gasteiger partial charge in [-0.05, 0) is 102 Å². The lowest BCUT2D eigenvalue weighted by Crippen LogP contribution is -2.32. The molecule has 0 atom stereocenters. The monoisotopic (exact) mass is 518 g/mol. The Morgan fingerprint density at radius 1 is 0.730 bits per heavy atom. The zero-order valence-corrected chi connectivity index (χ0v) is 23.5. The van der Waals surface area contributed by atoms with E-state index in [0.29, 0.717) is 5.92 Å². The first-order chi connectivity index (χ1) is 17.9. The molecule has 0 saturated heterocycles. The molecule has 210 valence electrons. The highest BCUT2D eigenvalue weighted by atomic mass is 16.7. The van der Waals surface area contributed by atoms with Crippen molar-refractivity contribution in [1.29, 1.82) is 0 Å². The van der Waals surface area contributed by atoms with Crippen LogP contribution in [0.25, 0.3) is 0 Å². The van der Waals surface area contributed by atoms with Crippen molar-refractivity contribution in [2.24, 2.45) is 23.2 Å².